The van der Waals surface area contributed by atoms with Gasteiger partial charge in [-0.1, -0.05) is 32.4 Å². The van der Waals surface area contributed by atoms with Crippen molar-refractivity contribution in [2.75, 3.05) is 45.3 Å². The van der Waals surface area contributed by atoms with Crippen LogP contribution in [-0.4, -0.2) is 72.2 Å². The van der Waals surface area contributed by atoms with Crippen LogP contribution in [0.4, 0.5) is 5.69 Å². The SMILES string of the molecule is CCCCNC(=O)[C@H](CC)N(Cc1ccc(OC)cc1)C(=O)CN(c1ccc(OCC)cc1)S(=O)(=O)c1ccc(OC)c(OC)c1. The Morgan fingerprint density at radius 2 is 1.48 bits per heavy atom. The normalized spacial score (nSPS) is 11.7. The summed E-state index contributed by atoms with van der Waals surface area (Å²) in [5.74, 6) is 0.929. The molecule has 0 aliphatic carbocycles. The Balaban J connectivity index is 2.09. The summed E-state index contributed by atoms with van der Waals surface area (Å²) in [6, 6.07) is 17.0. The number of methoxy groups -OCH3 is 3. The average molecular weight is 656 g/mol. The molecule has 0 fully saturated rings. The first-order valence-electron chi connectivity index (χ1n) is 15.3. The summed E-state index contributed by atoms with van der Waals surface area (Å²) in [6.07, 6.45) is 2.02. The van der Waals surface area contributed by atoms with E-state index in [0.29, 0.717) is 36.8 Å². The number of anilines is 1. The molecule has 2 amide bonds. The van der Waals surface area contributed by atoms with E-state index in [2.05, 4.69) is 5.32 Å². The maximum atomic E-state index is 14.3. The van der Waals surface area contributed by atoms with E-state index in [-0.39, 0.29) is 28.8 Å². The average Bonchev–Trinajstić information content (AvgIpc) is 3.07. The van der Waals surface area contributed by atoms with Gasteiger partial charge in [0.25, 0.3) is 10.0 Å². The van der Waals surface area contributed by atoms with Crippen LogP contribution in [0.2, 0.25) is 0 Å². The fraction of sp³-hybridized carbons (Fsp3) is 0.412. The van der Waals surface area contributed by atoms with Crippen molar-refractivity contribution in [3.05, 3.63) is 72.3 Å². The molecule has 0 bridgehead atoms. The van der Waals surface area contributed by atoms with Crippen LogP contribution >= 0.6 is 0 Å². The number of nitrogens with zero attached hydrogens (tertiary/aromatic N) is 2. The first-order valence-corrected chi connectivity index (χ1v) is 16.7. The molecule has 1 atom stereocenters. The quantitative estimate of drug-likeness (QED) is 0.189. The standard InChI is InChI=1S/C34H45N3O8S/c1-7-10-21-35-34(39)30(8-2)36(23-25-11-15-27(42-4)16-12-25)33(38)24-37(26-13-17-28(18-14-26)45-9-3)46(40,41)29-19-20-31(43-5)32(22-29)44-6/h11-20,22,30H,7-10,21,23-24H2,1-6H3,(H,35,39)/t30-/m0/s1. The van der Waals surface area contributed by atoms with E-state index in [1.807, 2.05) is 32.9 Å². The van der Waals surface area contributed by atoms with Gasteiger partial charge < -0.3 is 29.2 Å². The van der Waals surface area contributed by atoms with Crippen LogP contribution in [0.25, 0.3) is 0 Å². The van der Waals surface area contributed by atoms with Crippen LogP contribution in [0.15, 0.2) is 71.6 Å². The zero-order valence-electron chi connectivity index (χ0n) is 27.4. The Hall–Kier alpha value is -4.45. The van der Waals surface area contributed by atoms with E-state index in [1.165, 1.54) is 37.3 Å². The summed E-state index contributed by atoms with van der Waals surface area (Å²) in [5, 5.41) is 2.93. The van der Waals surface area contributed by atoms with Crippen LogP contribution in [-0.2, 0) is 26.2 Å². The Morgan fingerprint density at radius 3 is 2.04 bits per heavy atom. The minimum Gasteiger partial charge on any atom is -0.497 e. The van der Waals surface area contributed by atoms with Crippen molar-refractivity contribution in [1.82, 2.24) is 10.2 Å². The number of benzene rings is 3. The number of unbranched alkanes of at least 4 members (excludes halogenated alkanes) is 1. The lowest BCUT2D eigenvalue weighted by atomic mass is 10.1. The van der Waals surface area contributed by atoms with Crippen molar-refractivity contribution in [2.45, 2.75) is 57.5 Å². The van der Waals surface area contributed by atoms with Gasteiger partial charge in [-0.05, 0) is 73.9 Å². The molecule has 12 heteroatoms. The van der Waals surface area contributed by atoms with Crippen LogP contribution in [0.1, 0.15) is 45.6 Å². The predicted octanol–water partition coefficient (Wildman–Crippen LogP) is 5.03. The van der Waals surface area contributed by atoms with E-state index in [4.69, 9.17) is 18.9 Å². The van der Waals surface area contributed by atoms with Crippen molar-refractivity contribution in [3.8, 4) is 23.0 Å². The van der Waals surface area contributed by atoms with Crippen molar-refractivity contribution in [3.63, 3.8) is 0 Å². The number of hydrogen-bond acceptors (Lipinski definition) is 8. The van der Waals surface area contributed by atoms with Gasteiger partial charge in [-0.3, -0.25) is 13.9 Å². The zero-order chi connectivity index (χ0) is 33.7. The molecule has 250 valence electrons. The second kappa shape index (κ2) is 17.3. The summed E-state index contributed by atoms with van der Waals surface area (Å²) in [6.45, 7) is 6.11. The topological polar surface area (TPSA) is 124 Å². The Kier molecular flexibility index (Phi) is 13.5. The smallest absolute Gasteiger partial charge is 0.264 e. The molecule has 3 aromatic carbocycles. The van der Waals surface area contributed by atoms with Crippen molar-refractivity contribution >= 4 is 27.5 Å². The van der Waals surface area contributed by atoms with Gasteiger partial charge in [0.2, 0.25) is 11.8 Å². The summed E-state index contributed by atoms with van der Waals surface area (Å²) in [5.41, 5.74) is 1.00. The van der Waals surface area contributed by atoms with E-state index >= 15 is 0 Å². The van der Waals surface area contributed by atoms with Crippen molar-refractivity contribution < 1.29 is 37.0 Å². The molecule has 0 aliphatic heterocycles. The molecule has 1 N–H and O–H groups in total. The number of nitrogens with one attached hydrogen (secondary N) is 1. The van der Waals surface area contributed by atoms with Crippen LogP contribution in [0.3, 0.4) is 0 Å². The number of hydrogen-bond donors (Lipinski definition) is 1. The Labute approximate surface area is 272 Å². The molecule has 0 aliphatic rings. The molecule has 0 unspecified atom stereocenters. The fourth-order valence-corrected chi connectivity index (χ4v) is 6.29. The van der Waals surface area contributed by atoms with Crippen LogP contribution in [0, 0.1) is 0 Å². The predicted molar refractivity (Wildman–Crippen MR) is 177 cm³/mol. The maximum absolute atomic E-state index is 14.3. The van der Waals surface area contributed by atoms with E-state index in [0.717, 1.165) is 22.7 Å². The highest BCUT2D eigenvalue weighted by molar-refractivity contribution is 7.92. The first kappa shape index (κ1) is 36.0. The van der Waals surface area contributed by atoms with Gasteiger partial charge in [-0.2, -0.15) is 0 Å². The number of carbonyl (C=O) groups is 2. The number of ether oxygens (including phenoxy) is 4. The van der Waals surface area contributed by atoms with Gasteiger partial charge in [0.05, 0.1) is 38.5 Å². The number of amides is 2. The van der Waals surface area contributed by atoms with Gasteiger partial charge >= 0.3 is 0 Å². The Bertz CT molecular complexity index is 1530. The molecule has 11 nitrogen and oxygen atoms in total. The molecule has 3 rings (SSSR count). The first-order chi connectivity index (χ1) is 22.1. The maximum Gasteiger partial charge on any atom is 0.264 e. The third kappa shape index (κ3) is 9.06. The third-order valence-electron chi connectivity index (χ3n) is 7.39. The fourth-order valence-electron chi connectivity index (χ4n) is 4.86. The van der Waals surface area contributed by atoms with Crippen LogP contribution in [0.5, 0.6) is 23.0 Å². The molecule has 3 aromatic rings. The Morgan fingerprint density at radius 1 is 0.826 bits per heavy atom. The largest absolute Gasteiger partial charge is 0.497 e. The molecule has 0 spiro atoms. The van der Waals surface area contributed by atoms with E-state index in [1.54, 1.807) is 43.5 Å². The molecule has 0 heterocycles. The van der Waals surface area contributed by atoms with Gasteiger partial charge in [0, 0.05) is 19.2 Å². The number of sulfonamides is 1. The molecular formula is C34H45N3O8S. The van der Waals surface area contributed by atoms with Gasteiger partial charge in [0.15, 0.2) is 11.5 Å². The summed E-state index contributed by atoms with van der Waals surface area (Å²) < 4.78 is 51.1. The third-order valence-corrected chi connectivity index (χ3v) is 9.15. The number of rotatable bonds is 18. The molecular weight excluding hydrogens is 610 g/mol. The minimum atomic E-state index is -4.33. The molecule has 0 saturated heterocycles. The van der Waals surface area contributed by atoms with E-state index < -0.39 is 28.5 Å². The lowest BCUT2D eigenvalue weighted by molar-refractivity contribution is -0.140. The second-order valence-electron chi connectivity index (χ2n) is 10.4. The highest BCUT2D eigenvalue weighted by Crippen LogP contribution is 2.33. The highest BCUT2D eigenvalue weighted by atomic mass is 32.2. The lowest BCUT2D eigenvalue weighted by Crippen LogP contribution is -2.52. The van der Waals surface area contributed by atoms with Crippen molar-refractivity contribution in [2.24, 2.45) is 0 Å². The summed E-state index contributed by atoms with van der Waals surface area (Å²) >= 11 is 0. The highest BCUT2D eigenvalue weighted by Gasteiger charge is 2.34. The molecule has 46 heavy (non-hydrogen) atoms. The zero-order valence-corrected chi connectivity index (χ0v) is 28.3. The lowest BCUT2D eigenvalue weighted by Gasteiger charge is -2.33. The van der Waals surface area contributed by atoms with E-state index in [9.17, 15) is 18.0 Å². The minimum absolute atomic E-state index is 0.0794. The van der Waals surface area contributed by atoms with Crippen LogP contribution < -0.4 is 28.6 Å². The second-order valence-corrected chi connectivity index (χ2v) is 12.3. The number of carbonyl (C=O) groups excluding carboxylic acids is 2. The van der Waals surface area contributed by atoms with Gasteiger partial charge in [-0.25, -0.2) is 8.42 Å². The molecule has 0 saturated carbocycles. The summed E-state index contributed by atoms with van der Waals surface area (Å²) in [4.78, 5) is 29.0. The molecule has 0 radical (unpaired) electrons. The summed E-state index contributed by atoms with van der Waals surface area (Å²) in [7, 11) is 0.105. The molecule has 0 aromatic heterocycles. The van der Waals surface area contributed by atoms with Crippen molar-refractivity contribution in [1.29, 1.82) is 0 Å². The van der Waals surface area contributed by atoms with Gasteiger partial charge in [-0.15, -0.1) is 0 Å². The van der Waals surface area contributed by atoms with Gasteiger partial charge in [0.1, 0.15) is 24.1 Å². The monoisotopic (exact) mass is 655 g/mol.